The Morgan fingerprint density at radius 2 is 0.969 bits per heavy atom. The monoisotopic (exact) mass is 488 g/mol. The number of hydrogen-bond acceptors (Lipinski definition) is 3. The summed E-state index contributed by atoms with van der Waals surface area (Å²) in [6.07, 6.45) is 25.7. The molecular formula is C26H48O4S2. The molecule has 188 valence electrons. The number of unbranched alkanes of at least 4 members (excludes halogenated alkanes) is 16. The number of hydrogen-bond donors (Lipinski definition) is 3. The molecule has 0 aromatic heterocycles. The van der Waals surface area contributed by atoms with E-state index in [9.17, 15) is 0 Å². The van der Waals surface area contributed by atoms with Gasteiger partial charge in [-0.05, 0) is 12.0 Å². The molecular weight excluding hydrogens is 440 g/mol. The highest BCUT2D eigenvalue weighted by Gasteiger charge is 2.04. The molecule has 0 aliphatic rings. The van der Waals surface area contributed by atoms with Gasteiger partial charge in [0, 0.05) is 5.25 Å². The van der Waals surface area contributed by atoms with Crippen LogP contribution in [0, 0.1) is 0 Å². The lowest BCUT2D eigenvalue weighted by Gasteiger charge is -2.10. The second-order valence-electron chi connectivity index (χ2n) is 8.82. The molecule has 2 N–H and O–H groups in total. The average molecular weight is 489 g/mol. The smallest absolute Gasteiger partial charge is 0.264 e. The van der Waals surface area contributed by atoms with E-state index in [4.69, 9.17) is 30.2 Å². The zero-order valence-corrected chi connectivity index (χ0v) is 22.0. The van der Waals surface area contributed by atoms with Crippen LogP contribution < -0.4 is 0 Å². The van der Waals surface area contributed by atoms with Crippen LogP contribution >= 0.6 is 12.6 Å². The molecule has 1 atom stereocenters. The third-order valence-corrected chi connectivity index (χ3v) is 6.32. The molecule has 0 fully saturated rings. The van der Waals surface area contributed by atoms with E-state index in [0.29, 0.717) is 5.25 Å². The first-order valence-corrected chi connectivity index (χ1v) is 14.7. The Morgan fingerprint density at radius 3 is 1.31 bits per heavy atom. The molecule has 0 aliphatic carbocycles. The number of thiol groups is 1. The van der Waals surface area contributed by atoms with E-state index in [0.717, 1.165) is 0 Å². The maximum atomic E-state index is 8.74. The van der Waals surface area contributed by atoms with Crippen LogP contribution in [0.15, 0.2) is 30.3 Å². The topological polar surface area (TPSA) is 74.6 Å². The summed E-state index contributed by atoms with van der Waals surface area (Å²) in [5.41, 5.74) is 1.37. The highest BCUT2D eigenvalue weighted by atomic mass is 32.3. The lowest BCUT2D eigenvalue weighted by atomic mass is 10.0. The molecule has 32 heavy (non-hydrogen) atoms. The van der Waals surface area contributed by atoms with Gasteiger partial charge in [-0.25, -0.2) is 0 Å². The average Bonchev–Trinajstić information content (AvgIpc) is 2.75. The molecule has 0 radical (unpaired) electrons. The molecule has 1 unspecified atom stereocenters. The van der Waals surface area contributed by atoms with Crippen LogP contribution in [0.5, 0.6) is 0 Å². The van der Waals surface area contributed by atoms with Gasteiger partial charge < -0.3 is 0 Å². The van der Waals surface area contributed by atoms with Gasteiger partial charge in [-0.1, -0.05) is 146 Å². The fraction of sp³-hybridized carbons (Fsp3) is 0.769. The van der Waals surface area contributed by atoms with Crippen molar-refractivity contribution in [3.05, 3.63) is 35.9 Å². The molecule has 0 amide bonds. The fourth-order valence-corrected chi connectivity index (χ4v) is 4.26. The van der Waals surface area contributed by atoms with Crippen molar-refractivity contribution in [3.63, 3.8) is 0 Å². The van der Waals surface area contributed by atoms with Gasteiger partial charge in [0.25, 0.3) is 0 Å². The summed E-state index contributed by atoms with van der Waals surface area (Å²) >= 11 is 4.75. The Hall–Kier alpha value is -0.560. The maximum Gasteiger partial charge on any atom is 0.394 e. The molecule has 4 nitrogen and oxygen atoms in total. The largest absolute Gasteiger partial charge is 0.394 e. The molecule has 1 rings (SSSR count). The van der Waals surface area contributed by atoms with Crippen LogP contribution in [0.1, 0.15) is 133 Å². The summed E-state index contributed by atoms with van der Waals surface area (Å²) in [5, 5.41) is 0.419. The summed E-state index contributed by atoms with van der Waals surface area (Å²) in [6, 6.07) is 10.7. The van der Waals surface area contributed by atoms with Crippen molar-refractivity contribution in [2.75, 3.05) is 0 Å². The second-order valence-corrected chi connectivity index (χ2v) is 10.3. The quantitative estimate of drug-likeness (QED) is 0.103. The normalized spacial score (nSPS) is 12.2. The van der Waals surface area contributed by atoms with Crippen molar-refractivity contribution in [2.24, 2.45) is 0 Å². The van der Waals surface area contributed by atoms with Gasteiger partial charge in [-0.15, -0.1) is 0 Å². The van der Waals surface area contributed by atoms with Crippen molar-refractivity contribution < 1.29 is 17.5 Å². The van der Waals surface area contributed by atoms with E-state index < -0.39 is 10.4 Å². The lowest BCUT2D eigenvalue weighted by Crippen LogP contribution is -1.90. The first-order chi connectivity index (χ1) is 15.3. The van der Waals surface area contributed by atoms with E-state index in [2.05, 4.69) is 37.3 Å². The molecule has 0 saturated carbocycles. The zero-order chi connectivity index (χ0) is 23.9. The second kappa shape index (κ2) is 22.2. The van der Waals surface area contributed by atoms with Gasteiger partial charge in [-0.2, -0.15) is 21.0 Å². The fourth-order valence-electron chi connectivity index (χ4n) is 3.90. The van der Waals surface area contributed by atoms with Crippen molar-refractivity contribution >= 4 is 23.0 Å². The third-order valence-electron chi connectivity index (χ3n) is 5.77. The van der Waals surface area contributed by atoms with Crippen LogP contribution in [0.4, 0.5) is 0 Å². The molecule has 0 saturated heterocycles. The first kappa shape index (κ1) is 31.4. The van der Waals surface area contributed by atoms with Gasteiger partial charge in [0.05, 0.1) is 0 Å². The molecule has 6 heteroatoms. The maximum absolute atomic E-state index is 8.74. The van der Waals surface area contributed by atoms with Crippen LogP contribution in [-0.4, -0.2) is 17.5 Å². The first-order valence-electron chi connectivity index (χ1n) is 12.8. The summed E-state index contributed by atoms with van der Waals surface area (Å²) in [6.45, 7) is 2.30. The highest BCUT2D eigenvalue weighted by molar-refractivity contribution is 7.80. The Labute approximate surface area is 204 Å². The Kier molecular flexibility index (Phi) is 21.9. The third kappa shape index (κ3) is 25.7. The van der Waals surface area contributed by atoms with E-state index in [1.807, 2.05) is 0 Å². The Balaban J connectivity index is 0.00000172. The minimum atomic E-state index is -4.67. The van der Waals surface area contributed by atoms with E-state index in [1.165, 1.54) is 121 Å². The van der Waals surface area contributed by atoms with Gasteiger partial charge in [0.15, 0.2) is 0 Å². The lowest BCUT2D eigenvalue weighted by molar-refractivity contribution is 0.381. The molecule has 0 heterocycles. The highest BCUT2D eigenvalue weighted by Crippen LogP contribution is 2.26. The van der Waals surface area contributed by atoms with Crippen molar-refractivity contribution in [2.45, 2.75) is 128 Å². The number of rotatable bonds is 19. The minimum Gasteiger partial charge on any atom is -0.264 e. The Morgan fingerprint density at radius 1 is 0.656 bits per heavy atom. The summed E-state index contributed by atoms with van der Waals surface area (Å²) < 4.78 is 31.6. The van der Waals surface area contributed by atoms with Gasteiger partial charge >= 0.3 is 10.4 Å². The van der Waals surface area contributed by atoms with Crippen LogP contribution in [0.2, 0.25) is 0 Å². The summed E-state index contributed by atoms with van der Waals surface area (Å²) in [5.74, 6) is 0. The van der Waals surface area contributed by atoms with Gasteiger partial charge in [-0.3, -0.25) is 9.11 Å². The molecule has 1 aromatic rings. The molecule has 0 aliphatic heterocycles. The van der Waals surface area contributed by atoms with Crippen molar-refractivity contribution in [1.29, 1.82) is 0 Å². The van der Waals surface area contributed by atoms with Gasteiger partial charge in [0.2, 0.25) is 0 Å². The predicted molar refractivity (Wildman–Crippen MR) is 141 cm³/mol. The van der Waals surface area contributed by atoms with E-state index in [-0.39, 0.29) is 0 Å². The van der Waals surface area contributed by atoms with E-state index in [1.54, 1.807) is 0 Å². The van der Waals surface area contributed by atoms with Crippen molar-refractivity contribution in [3.8, 4) is 0 Å². The molecule has 0 bridgehead atoms. The van der Waals surface area contributed by atoms with Crippen LogP contribution in [0.3, 0.4) is 0 Å². The van der Waals surface area contributed by atoms with Gasteiger partial charge in [0.1, 0.15) is 0 Å². The predicted octanol–water partition coefficient (Wildman–Crippen LogP) is 9.05. The van der Waals surface area contributed by atoms with E-state index >= 15 is 0 Å². The summed E-state index contributed by atoms with van der Waals surface area (Å²) in [4.78, 5) is 0. The molecule has 0 spiro atoms. The molecule has 1 aromatic carbocycles. The SMILES string of the molecule is CCCCCCCCCCCCCCCCCCCC(S)c1ccccc1.O=S(=O)(O)O. The number of benzene rings is 1. The Bertz CT molecular complexity index is 598. The zero-order valence-electron chi connectivity index (χ0n) is 20.3. The van der Waals surface area contributed by atoms with Crippen LogP contribution in [-0.2, 0) is 10.4 Å². The minimum absolute atomic E-state index is 0.419. The standard InChI is InChI=1S/C26H46S.H2O4S/c1-2-3-4-5-6-7-8-9-10-11-12-13-14-15-16-17-21-24-26(27)25-22-19-18-20-23-25;1-5(2,3)4/h18-20,22-23,26-27H,2-17,21,24H2,1H3;(H2,1,2,3,4). The van der Waals surface area contributed by atoms with Crippen LogP contribution in [0.25, 0.3) is 0 Å². The van der Waals surface area contributed by atoms with Crippen molar-refractivity contribution in [1.82, 2.24) is 0 Å². The summed E-state index contributed by atoms with van der Waals surface area (Å²) in [7, 11) is -4.67.